The van der Waals surface area contributed by atoms with E-state index in [-0.39, 0.29) is 6.10 Å². The minimum absolute atomic E-state index is 0.165. The van der Waals surface area contributed by atoms with Crippen molar-refractivity contribution in [3.63, 3.8) is 0 Å². The van der Waals surface area contributed by atoms with Crippen LogP contribution in [0.15, 0.2) is 0 Å². The van der Waals surface area contributed by atoms with E-state index in [1.54, 1.807) is 0 Å². The highest BCUT2D eigenvalue weighted by atomic mass is 16.5. The van der Waals surface area contributed by atoms with Gasteiger partial charge in [0.15, 0.2) is 0 Å². The van der Waals surface area contributed by atoms with Crippen molar-refractivity contribution in [2.45, 2.75) is 51.4 Å². The summed E-state index contributed by atoms with van der Waals surface area (Å²) in [6, 6.07) is 0.326. The summed E-state index contributed by atoms with van der Waals surface area (Å²) >= 11 is 0. The highest BCUT2D eigenvalue weighted by Crippen LogP contribution is 2.37. The van der Waals surface area contributed by atoms with Crippen LogP contribution in [0, 0.1) is 6.92 Å². The molecule has 0 aromatic carbocycles. The van der Waals surface area contributed by atoms with Crippen molar-refractivity contribution in [3.8, 4) is 0 Å². The highest BCUT2D eigenvalue weighted by molar-refractivity contribution is 5.49. The number of rotatable bonds is 2. The van der Waals surface area contributed by atoms with Gasteiger partial charge in [-0.05, 0) is 33.1 Å². The molecule has 3 rings (SSSR count). The van der Waals surface area contributed by atoms with E-state index in [1.807, 2.05) is 0 Å². The molecular formula is C13H22N4O. The molecule has 0 aliphatic carbocycles. The molecule has 0 spiro atoms. The molecule has 1 aromatic heterocycles. The van der Waals surface area contributed by atoms with Gasteiger partial charge in [-0.15, -0.1) is 0 Å². The number of nitrogens with zero attached hydrogens (tertiary/aromatic N) is 2. The predicted molar refractivity (Wildman–Crippen MR) is 70.7 cm³/mol. The molecule has 5 heteroatoms. The first-order valence-corrected chi connectivity index (χ1v) is 6.89. The maximum absolute atomic E-state index is 5.94. The Morgan fingerprint density at radius 2 is 2.28 bits per heavy atom. The molecule has 0 saturated carbocycles. The van der Waals surface area contributed by atoms with E-state index >= 15 is 0 Å². The van der Waals surface area contributed by atoms with Crippen molar-refractivity contribution in [1.29, 1.82) is 0 Å². The van der Waals surface area contributed by atoms with E-state index in [2.05, 4.69) is 23.8 Å². The largest absolute Gasteiger partial charge is 0.370 e. The van der Waals surface area contributed by atoms with Crippen LogP contribution in [-0.4, -0.2) is 29.0 Å². The van der Waals surface area contributed by atoms with E-state index in [1.165, 1.54) is 5.56 Å². The number of hydrogen-bond donors (Lipinski definition) is 2. The zero-order chi connectivity index (χ0) is 12.7. The molecule has 0 bridgehead atoms. The van der Waals surface area contributed by atoms with Gasteiger partial charge in [-0.25, -0.2) is 4.68 Å². The first kappa shape index (κ1) is 12.0. The molecule has 0 amide bonds. The molecule has 3 N–H and O–H groups in total. The summed E-state index contributed by atoms with van der Waals surface area (Å²) < 4.78 is 8.01. The first-order valence-electron chi connectivity index (χ1n) is 6.89. The van der Waals surface area contributed by atoms with Crippen LogP contribution < -0.4 is 11.1 Å². The topological polar surface area (TPSA) is 65.1 Å². The summed E-state index contributed by atoms with van der Waals surface area (Å²) in [4.78, 5) is 0. The fraction of sp³-hybridized carbons (Fsp3) is 0.769. The lowest BCUT2D eigenvalue weighted by Crippen LogP contribution is -2.29. The van der Waals surface area contributed by atoms with Crippen LogP contribution in [0.4, 0.5) is 5.82 Å². The second kappa shape index (κ2) is 4.55. The zero-order valence-electron chi connectivity index (χ0n) is 11.1. The monoisotopic (exact) mass is 250 g/mol. The minimum Gasteiger partial charge on any atom is -0.370 e. The third-order valence-corrected chi connectivity index (χ3v) is 4.11. The number of aromatic nitrogens is 2. The Balaban J connectivity index is 1.94. The van der Waals surface area contributed by atoms with E-state index in [4.69, 9.17) is 15.6 Å². The average molecular weight is 250 g/mol. The summed E-state index contributed by atoms with van der Waals surface area (Å²) in [6.07, 6.45) is 3.77. The van der Waals surface area contributed by atoms with Gasteiger partial charge in [0.1, 0.15) is 11.9 Å². The summed E-state index contributed by atoms with van der Waals surface area (Å²) in [5.41, 5.74) is 8.16. The van der Waals surface area contributed by atoms with Crippen LogP contribution in [0.3, 0.4) is 0 Å². The van der Waals surface area contributed by atoms with Gasteiger partial charge in [0.25, 0.3) is 0 Å². The number of hydrogen-bond acceptors (Lipinski definition) is 4. The van der Waals surface area contributed by atoms with Crippen LogP contribution >= 0.6 is 0 Å². The van der Waals surface area contributed by atoms with Gasteiger partial charge in [-0.2, -0.15) is 5.10 Å². The lowest BCUT2D eigenvalue weighted by molar-refractivity contribution is 0.0521. The number of fused-ring (bicyclic) bond motifs is 1. The van der Waals surface area contributed by atoms with Gasteiger partial charge in [0.2, 0.25) is 0 Å². The second-order valence-electron chi connectivity index (χ2n) is 5.42. The van der Waals surface area contributed by atoms with Crippen LogP contribution in [0.1, 0.15) is 49.6 Å². The molecule has 1 aromatic rings. The maximum Gasteiger partial charge on any atom is 0.127 e. The van der Waals surface area contributed by atoms with Crippen molar-refractivity contribution in [1.82, 2.24) is 9.78 Å². The van der Waals surface area contributed by atoms with Crippen LogP contribution in [0.2, 0.25) is 0 Å². The van der Waals surface area contributed by atoms with Crippen LogP contribution in [0.5, 0.6) is 0 Å². The second-order valence-corrected chi connectivity index (χ2v) is 5.42. The van der Waals surface area contributed by atoms with Gasteiger partial charge in [0.05, 0.1) is 17.8 Å². The molecule has 1 saturated heterocycles. The number of ether oxygens (including phenoxy) is 1. The third kappa shape index (κ3) is 1.82. The van der Waals surface area contributed by atoms with Gasteiger partial charge in [0, 0.05) is 18.7 Å². The van der Waals surface area contributed by atoms with E-state index in [0.29, 0.717) is 18.7 Å². The molecule has 2 aliphatic heterocycles. The van der Waals surface area contributed by atoms with Crippen LogP contribution in [-0.2, 0) is 4.74 Å². The first-order chi connectivity index (χ1) is 8.70. The highest BCUT2D eigenvalue weighted by Gasteiger charge is 2.31. The Morgan fingerprint density at radius 1 is 1.44 bits per heavy atom. The molecule has 2 aliphatic rings. The molecule has 0 radical (unpaired) electrons. The number of anilines is 1. The summed E-state index contributed by atoms with van der Waals surface area (Å²) in [5.74, 6) is 1.13. The molecule has 5 nitrogen and oxygen atoms in total. The van der Waals surface area contributed by atoms with Gasteiger partial charge < -0.3 is 15.8 Å². The quantitative estimate of drug-likeness (QED) is 0.839. The van der Waals surface area contributed by atoms with E-state index in [9.17, 15) is 0 Å². The Labute approximate surface area is 108 Å². The molecule has 3 atom stereocenters. The molecule has 3 unspecified atom stereocenters. The maximum atomic E-state index is 5.94. The average Bonchev–Trinajstić information content (AvgIpc) is 2.94. The Morgan fingerprint density at radius 3 is 2.94 bits per heavy atom. The SMILES string of the molecule is Cc1c(C2CCC(C)O2)nn2c1NCCC2CN. The molecule has 100 valence electrons. The molecular weight excluding hydrogens is 228 g/mol. The summed E-state index contributed by atoms with van der Waals surface area (Å²) in [7, 11) is 0. The molecule has 18 heavy (non-hydrogen) atoms. The normalized spacial score (nSPS) is 31.2. The third-order valence-electron chi connectivity index (χ3n) is 4.11. The number of nitrogens with two attached hydrogens (primary N) is 1. The minimum atomic E-state index is 0.165. The molecule has 1 fully saturated rings. The van der Waals surface area contributed by atoms with Crippen molar-refractivity contribution < 1.29 is 4.74 Å². The number of nitrogens with one attached hydrogen (secondary N) is 1. The van der Waals surface area contributed by atoms with Crippen molar-refractivity contribution in [3.05, 3.63) is 11.3 Å². The van der Waals surface area contributed by atoms with Gasteiger partial charge >= 0.3 is 0 Å². The predicted octanol–water partition coefficient (Wildman–Crippen LogP) is 1.75. The standard InChI is InChI=1S/C13H22N4O/c1-8-3-4-11(18-8)12-9(2)13-15-6-5-10(7-14)17(13)16-12/h8,10-11,15H,3-7,14H2,1-2H3. The fourth-order valence-electron chi connectivity index (χ4n) is 3.02. The summed E-state index contributed by atoms with van der Waals surface area (Å²) in [5, 5.41) is 8.21. The van der Waals surface area contributed by atoms with Gasteiger partial charge in [-0.1, -0.05) is 0 Å². The Hall–Kier alpha value is -1.07. The zero-order valence-corrected chi connectivity index (χ0v) is 11.1. The Kier molecular flexibility index (Phi) is 3.03. The molecule has 3 heterocycles. The van der Waals surface area contributed by atoms with Gasteiger partial charge in [-0.3, -0.25) is 0 Å². The lowest BCUT2D eigenvalue weighted by atomic mass is 10.1. The Bertz CT molecular complexity index is 442. The lowest BCUT2D eigenvalue weighted by Gasteiger charge is -2.24. The van der Waals surface area contributed by atoms with Crippen molar-refractivity contribution >= 4 is 5.82 Å². The smallest absolute Gasteiger partial charge is 0.127 e. The van der Waals surface area contributed by atoms with E-state index < -0.39 is 0 Å². The van der Waals surface area contributed by atoms with Crippen molar-refractivity contribution in [2.24, 2.45) is 5.73 Å². The van der Waals surface area contributed by atoms with E-state index in [0.717, 1.165) is 37.3 Å². The summed E-state index contributed by atoms with van der Waals surface area (Å²) in [6.45, 7) is 5.89. The fourth-order valence-corrected chi connectivity index (χ4v) is 3.02. The van der Waals surface area contributed by atoms with Crippen molar-refractivity contribution in [2.75, 3.05) is 18.4 Å². The van der Waals surface area contributed by atoms with Crippen LogP contribution in [0.25, 0.3) is 0 Å².